The minimum absolute atomic E-state index is 0.00473. The first-order valence-corrected chi connectivity index (χ1v) is 13.2. The number of pyridine rings is 1. The smallest absolute Gasteiger partial charge is 0.223 e. The lowest BCUT2D eigenvalue weighted by atomic mass is 9.91. The number of carbonyl (C=O) groups is 1. The molecule has 1 amide bonds. The molecular weight excluding hydrogens is 438 g/mol. The first kappa shape index (κ1) is 23.0. The van der Waals surface area contributed by atoms with Gasteiger partial charge in [0.15, 0.2) is 0 Å². The van der Waals surface area contributed by atoms with Gasteiger partial charge in [0.05, 0.1) is 31.3 Å². The number of aliphatic hydroxyl groups is 1. The average molecular weight is 474 g/mol. The van der Waals surface area contributed by atoms with Gasteiger partial charge in [0.25, 0.3) is 0 Å². The maximum absolute atomic E-state index is 12.7. The van der Waals surface area contributed by atoms with E-state index in [-0.39, 0.29) is 24.5 Å². The predicted molar refractivity (Wildman–Crippen MR) is 129 cm³/mol. The minimum atomic E-state index is -0.00473. The van der Waals surface area contributed by atoms with Crippen molar-refractivity contribution in [1.82, 2.24) is 14.8 Å². The molecule has 33 heavy (non-hydrogen) atoms. The van der Waals surface area contributed by atoms with Crippen LogP contribution in [0.25, 0.3) is 10.2 Å². The number of morpholine rings is 1. The van der Waals surface area contributed by atoms with Crippen LogP contribution in [0.4, 0.5) is 0 Å². The Morgan fingerprint density at radius 3 is 2.82 bits per heavy atom. The third-order valence-electron chi connectivity index (χ3n) is 7.58. The van der Waals surface area contributed by atoms with Crippen LogP contribution in [0, 0.1) is 0 Å². The summed E-state index contributed by atoms with van der Waals surface area (Å²) in [5.41, 5.74) is 1.28. The fraction of sp³-hybridized carbons (Fsp3) is 0.680. The lowest BCUT2D eigenvalue weighted by Gasteiger charge is -2.38. The number of hydrogen-bond acceptors (Lipinski definition) is 7. The van der Waals surface area contributed by atoms with Crippen molar-refractivity contribution in [2.75, 3.05) is 46.5 Å². The van der Waals surface area contributed by atoms with E-state index in [0.29, 0.717) is 19.0 Å². The zero-order valence-corrected chi connectivity index (χ0v) is 20.3. The van der Waals surface area contributed by atoms with Crippen molar-refractivity contribution in [2.24, 2.45) is 0 Å². The molecule has 3 heterocycles. The van der Waals surface area contributed by atoms with Gasteiger partial charge in [-0.3, -0.25) is 9.69 Å². The monoisotopic (exact) mass is 473 g/mol. The number of carbonyl (C=O) groups excluding carboxylic acids is 1. The van der Waals surface area contributed by atoms with Crippen LogP contribution in [0.1, 0.15) is 54.9 Å². The van der Waals surface area contributed by atoms with E-state index in [2.05, 4.69) is 9.88 Å². The third-order valence-corrected chi connectivity index (χ3v) is 8.75. The summed E-state index contributed by atoms with van der Waals surface area (Å²) in [5.74, 6) is 1.23. The standard InChI is InChI=1S/C25H35N3O4S/c1-27(10-13-29)22(30)16-17-2-7-21-23(17)24-20(8-9-26-25(24)33-21)32-19-5-3-18(4-6-19)28-11-14-31-15-12-28/h8-9,17-19,29H,2-7,10-16H2,1H3/t17-,18?,19?/m1/s1. The fourth-order valence-electron chi connectivity index (χ4n) is 5.72. The van der Waals surface area contributed by atoms with E-state index in [1.807, 2.05) is 12.3 Å². The van der Waals surface area contributed by atoms with E-state index in [4.69, 9.17) is 14.6 Å². The first-order chi connectivity index (χ1) is 16.1. The van der Waals surface area contributed by atoms with Crippen LogP contribution in [0.2, 0.25) is 0 Å². The molecule has 0 radical (unpaired) electrons. The third kappa shape index (κ3) is 4.90. The van der Waals surface area contributed by atoms with Gasteiger partial charge in [-0.2, -0.15) is 0 Å². The maximum atomic E-state index is 12.7. The molecule has 2 aromatic heterocycles. The van der Waals surface area contributed by atoms with Crippen LogP contribution >= 0.6 is 11.3 Å². The second-order valence-electron chi connectivity index (χ2n) is 9.60. The highest BCUT2D eigenvalue weighted by molar-refractivity contribution is 7.19. The number of fused-ring (bicyclic) bond motifs is 3. The van der Waals surface area contributed by atoms with Gasteiger partial charge in [0.1, 0.15) is 10.6 Å². The van der Waals surface area contributed by atoms with Crippen molar-refractivity contribution in [2.45, 2.75) is 63.0 Å². The second-order valence-corrected chi connectivity index (χ2v) is 10.7. The number of aryl methyl sites for hydroxylation is 1. The lowest BCUT2D eigenvalue weighted by Crippen LogP contribution is -2.46. The highest BCUT2D eigenvalue weighted by atomic mass is 32.1. The summed E-state index contributed by atoms with van der Waals surface area (Å²) in [6.45, 7) is 4.19. The molecule has 3 aliphatic rings. The molecule has 0 unspecified atom stereocenters. The topological polar surface area (TPSA) is 75.1 Å². The number of nitrogens with zero attached hydrogens (tertiary/aromatic N) is 3. The fourth-order valence-corrected chi connectivity index (χ4v) is 6.98. The summed E-state index contributed by atoms with van der Waals surface area (Å²) in [6.07, 6.45) is 9.08. The summed E-state index contributed by atoms with van der Waals surface area (Å²) in [7, 11) is 1.77. The highest BCUT2D eigenvalue weighted by Gasteiger charge is 2.33. The van der Waals surface area contributed by atoms with E-state index >= 15 is 0 Å². The van der Waals surface area contributed by atoms with Crippen LogP contribution in [-0.4, -0.2) is 84.4 Å². The van der Waals surface area contributed by atoms with E-state index in [1.54, 1.807) is 23.3 Å². The van der Waals surface area contributed by atoms with Gasteiger partial charge in [-0.15, -0.1) is 11.3 Å². The van der Waals surface area contributed by atoms with Gasteiger partial charge in [-0.25, -0.2) is 4.98 Å². The van der Waals surface area contributed by atoms with Gasteiger partial charge in [-0.05, 0) is 56.1 Å². The van der Waals surface area contributed by atoms with Crippen molar-refractivity contribution in [3.05, 3.63) is 22.7 Å². The molecule has 1 N–H and O–H groups in total. The van der Waals surface area contributed by atoms with Crippen LogP contribution in [0.3, 0.4) is 0 Å². The number of aliphatic hydroxyl groups excluding tert-OH is 1. The number of rotatable bonds is 7. The number of likely N-dealkylation sites (N-methyl/N-ethyl adjacent to an activating group) is 1. The van der Waals surface area contributed by atoms with E-state index in [1.165, 1.54) is 23.3 Å². The summed E-state index contributed by atoms with van der Waals surface area (Å²) >= 11 is 1.76. The minimum Gasteiger partial charge on any atom is -0.490 e. The molecule has 1 saturated carbocycles. The summed E-state index contributed by atoms with van der Waals surface area (Å²) in [5, 5.41) is 10.3. The molecule has 5 rings (SSSR count). The summed E-state index contributed by atoms with van der Waals surface area (Å²) in [6, 6.07) is 2.67. The molecule has 0 spiro atoms. The quantitative estimate of drug-likeness (QED) is 0.666. The maximum Gasteiger partial charge on any atom is 0.223 e. The SMILES string of the molecule is CN(CCO)C(=O)C[C@H]1CCc2sc3nccc(OC4CCC(N5CCOCC5)CC4)c3c21. The molecule has 180 valence electrons. The molecule has 8 heteroatoms. The Balaban J connectivity index is 1.29. The molecule has 1 atom stereocenters. The molecule has 7 nitrogen and oxygen atoms in total. The van der Waals surface area contributed by atoms with Crippen LogP contribution < -0.4 is 4.74 Å². The van der Waals surface area contributed by atoms with Crippen molar-refractivity contribution in [3.63, 3.8) is 0 Å². The van der Waals surface area contributed by atoms with E-state index in [0.717, 1.165) is 68.0 Å². The molecule has 1 aliphatic heterocycles. The van der Waals surface area contributed by atoms with E-state index in [9.17, 15) is 4.79 Å². The number of thiophene rings is 1. The zero-order valence-electron chi connectivity index (χ0n) is 19.5. The second kappa shape index (κ2) is 10.3. The first-order valence-electron chi connectivity index (χ1n) is 12.4. The Bertz CT molecular complexity index is 966. The Morgan fingerprint density at radius 2 is 2.06 bits per heavy atom. The van der Waals surface area contributed by atoms with Crippen LogP contribution in [0.15, 0.2) is 12.3 Å². The Morgan fingerprint density at radius 1 is 1.27 bits per heavy atom. The van der Waals surface area contributed by atoms with Gasteiger partial charge in [-0.1, -0.05) is 0 Å². The highest BCUT2D eigenvalue weighted by Crippen LogP contribution is 2.48. The number of aromatic nitrogens is 1. The predicted octanol–water partition coefficient (Wildman–Crippen LogP) is 3.19. The molecule has 2 aliphatic carbocycles. The van der Waals surface area contributed by atoms with Crippen molar-refractivity contribution >= 4 is 27.5 Å². The van der Waals surface area contributed by atoms with E-state index < -0.39 is 0 Å². The lowest BCUT2D eigenvalue weighted by molar-refractivity contribution is -0.130. The Labute approximate surface area is 199 Å². The van der Waals surface area contributed by atoms with Gasteiger partial charge in [0, 0.05) is 50.2 Å². The van der Waals surface area contributed by atoms with Crippen LogP contribution in [-0.2, 0) is 16.0 Å². The molecule has 0 bridgehead atoms. The normalized spacial score (nSPS) is 25.8. The summed E-state index contributed by atoms with van der Waals surface area (Å²) in [4.78, 5) is 23.9. The van der Waals surface area contributed by atoms with Gasteiger partial charge in [0.2, 0.25) is 5.91 Å². The van der Waals surface area contributed by atoms with Crippen molar-refractivity contribution in [3.8, 4) is 5.75 Å². The average Bonchev–Trinajstić information content (AvgIpc) is 3.40. The molecule has 0 aromatic carbocycles. The molecular formula is C25H35N3O4S. The number of ether oxygens (including phenoxy) is 2. The van der Waals surface area contributed by atoms with Crippen molar-refractivity contribution < 1.29 is 19.4 Å². The van der Waals surface area contributed by atoms with Gasteiger partial charge >= 0.3 is 0 Å². The number of hydrogen-bond donors (Lipinski definition) is 1. The van der Waals surface area contributed by atoms with Crippen LogP contribution in [0.5, 0.6) is 5.75 Å². The summed E-state index contributed by atoms with van der Waals surface area (Å²) < 4.78 is 12.1. The molecule has 1 saturated heterocycles. The Hall–Kier alpha value is -1.74. The number of amides is 1. The molecule has 2 fully saturated rings. The largest absolute Gasteiger partial charge is 0.490 e. The molecule has 2 aromatic rings. The van der Waals surface area contributed by atoms with Gasteiger partial charge < -0.3 is 19.5 Å². The van der Waals surface area contributed by atoms with Crippen molar-refractivity contribution in [1.29, 1.82) is 0 Å². The Kier molecular flexibility index (Phi) is 7.16. The zero-order chi connectivity index (χ0) is 22.8.